The quantitative estimate of drug-likeness (QED) is 0.593. The Bertz CT molecular complexity index is 212. The van der Waals surface area contributed by atoms with Crippen molar-refractivity contribution in [1.82, 2.24) is 0 Å². The summed E-state index contributed by atoms with van der Waals surface area (Å²) in [4.78, 5) is 10.4. The van der Waals surface area contributed by atoms with Crippen molar-refractivity contribution in [2.75, 3.05) is 0 Å². The number of hydrogen-bond donors (Lipinski definition) is 0. The molecule has 4 heteroatoms. The van der Waals surface area contributed by atoms with E-state index in [1.165, 1.54) is 0 Å². The summed E-state index contributed by atoms with van der Waals surface area (Å²) in [6.07, 6.45) is 3.17. The molecule has 66 valence electrons. The highest BCUT2D eigenvalue weighted by molar-refractivity contribution is 6.61. The van der Waals surface area contributed by atoms with Crippen LogP contribution in [0, 0.1) is 17.2 Å². The van der Waals surface area contributed by atoms with Gasteiger partial charge in [-0.1, -0.05) is 0 Å². The van der Waals surface area contributed by atoms with Crippen molar-refractivity contribution >= 4 is 17.0 Å². The average molecular weight is 188 g/mol. The largest absolute Gasteiger partial charge is 0.450 e. The molecule has 1 aliphatic carbocycles. The zero-order chi connectivity index (χ0) is 8.97. The van der Waals surface area contributed by atoms with Gasteiger partial charge in [0, 0.05) is 23.9 Å². The molecule has 0 radical (unpaired) electrons. The van der Waals surface area contributed by atoms with Gasteiger partial charge in [-0.05, 0) is 19.3 Å². The first-order valence-electron chi connectivity index (χ1n) is 3.98. The minimum Gasteiger partial charge on any atom is -0.450 e. The molecule has 1 rings (SSSR count). The summed E-state index contributed by atoms with van der Waals surface area (Å²) in [7, 11) is 0. The van der Waals surface area contributed by atoms with Crippen LogP contribution in [0.15, 0.2) is 0 Å². The Morgan fingerprint density at radius 2 is 2.33 bits per heavy atom. The van der Waals surface area contributed by atoms with Crippen LogP contribution in [0.1, 0.15) is 25.7 Å². The maximum atomic E-state index is 10.4. The van der Waals surface area contributed by atoms with Crippen LogP contribution in [0.5, 0.6) is 0 Å². The number of rotatable bonds is 1. The maximum Gasteiger partial charge on any atom is 0.404 e. The van der Waals surface area contributed by atoms with E-state index in [1.807, 2.05) is 0 Å². The summed E-state index contributed by atoms with van der Waals surface area (Å²) in [5, 5.41) is 8.62. The Labute approximate surface area is 76.3 Å². The van der Waals surface area contributed by atoms with E-state index in [0.29, 0.717) is 6.42 Å². The van der Waals surface area contributed by atoms with Crippen molar-refractivity contribution in [3.63, 3.8) is 0 Å². The van der Waals surface area contributed by atoms with E-state index in [9.17, 15) is 4.79 Å². The predicted molar refractivity (Wildman–Crippen MR) is 43.7 cm³/mol. The molecule has 0 amide bonds. The van der Waals surface area contributed by atoms with E-state index in [0.717, 1.165) is 19.3 Å². The fourth-order valence-corrected chi connectivity index (χ4v) is 1.63. The van der Waals surface area contributed by atoms with Crippen molar-refractivity contribution in [1.29, 1.82) is 5.26 Å². The summed E-state index contributed by atoms with van der Waals surface area (Å²) in [6, 6.07) is 2.17. The fourth-order valence-electron chi connectivity index (χ4n) is 1.50. The first-order valence-corrected chi connectivity index (χ1v) is 4.36. The molecule has 0 aromatic rings. The molecular formula is C8H10ClNO2. The highest BCUT2D eigenvalue weighted by Crippen LogP contribution is 2.26. The highest BCUT2D eigenvalue weighted by atomic mass is 35.5. The second-order valence-corrected chi connectivity index (χ2v) is 3.28. The monoisotopic (exact) mass is 187 g/mol. The Morgan fingerprint density at radius 1 is 1.58 bits per heavy atom. The number of hydrogen-bond acceptors (Lipinski definition) is 3. The van der Waals surface area contributed by atoms with E-state index in [-0.39, 0.29) is 12.0 Å². The van der Waals surface area contributed by atoms with E-state index < -0.39 is 5.43 Å². The average Bonchev–Trinajstić information content (AvgIpc) is 2.03. The van der Waals surface area contributed by atoms with Crippen molar-refractivity contribution < 1.29 is 9.53 Å². The van der Waals surface area contributed by atoms with Gasteiger partial charge in [0.1, 0.15) is 6.10 Å². The molecule has 0 aromatic heterocycles. The van der Waals surface area contributed by atoms with Crippen LogP contribution in [-0.2, 0) is 4.74 Å². The molecule has 0 saturated heterocycles. The Morgan fingerprint density at radius 3 is 2.92 bits per heavy atom. The van der Waals surface area contributed by atoms with Crippen LogP contribution in [0.3, 0.4) is 0 Å². The molecule has 0 aromatic carbocycles. The first kappa shape index (κ1) is 9.34. The van der Waals surface area contributed by atoms with Gasteiger partial charge in [-0.15, -0.1) is 0 Å². The minimum absolute atomic E-state index is 0.0276. The molecule has 2 unspecified atom stereocenters. The number of carbonyl (C=O) groups is 1. The lowest BCUT2D eigenvalue weighted by molar-refractivity contribution is 0.0858. The first-order chi connectivity index (χ1) is 5.72. The topological polar surface area (TPSA) is 50.1 Å². The third-order valence-electron chi connectivity index (χ3n) is 2.07. The van der Waals surface area contributed by atoms with E-state index in [2.05, 4.69) is 6.07 Å². The van der Waals surface area contributed by atoms with Crippen LogP contribution in [0.2, 0.25) is 0 Å². The number of nitriles is 1. The second kappa shape index (κ2) is 4.32. The molecule has 1 aliphatic rings. The maximum absolute atomic E-state index is 10.4. The van der Waals surface area contributed by atoms with Crippen LogP contribution in [0.25, 0.3) is 0 Å². The molecule has 0 spiro atoms. The van der Waals surface area contributed by atoms with Crippen LogP contribution < -0.4 is 0 Å². The lowest BCUT2D eigenvalue weighted by Crippen LogP contribution is -2.22. The van der Waals surface area contributed by atoms with Gasteiger partial charge in [-0.2, -0.15) is 5.26 Å². The zero-order valence-corrected chi connectivity index (χ0v) is 7.38. The summed E-state index contributed by atoms with van der Waals surface area (Å²) in [5.41, 5.74) is -0.765. The van der Waals surface area contributed by atoms with Gasteiger partial charge in [-0.25, -0.2) is 4.79 Å². The molecule has 0 N–H and O–H groups in total. The third kappa shape index (κ3) is 2.71. The third-order valence-corrected chi connectivity index (χ3v) is 2.16. The second-order valence-electron chi connectivity index (χ2n) is 2.97. The van der Waals surface area contributed by atoms with Gasteiger partial charge >= 0.3 is 5.43 Å². The molecule has 1 saturated carbocycles. The van der Waals surface area contributed by atoms with E-state index in [1.54, 1.807) is 0 Å². The molecule has 3 nitrogen and oxygen atoms in total. The molecule has 12 heavy (non-hydrogen) atoms. The van der Waals surface area contributed by atoms with Crippen molar-refractivity contribution in [2.24, 2.45) is 5.92 Å². The SMILES string of the molecule is N#CC1CCCC(OC(=O)Cl)C1. The smallest absolute Gasteiger partial charge is 0.404 e. The Hall–Kier alpha value is -0.750. The predicted octanol–water partition coefficient (Wildman–Crippen LogP) is 2.44. The lowest BCUT2D eigenvalue weighted by Gasteiger charge is -2.23. The van der Waals surface area contributed by atoms with Gasteiger partial charge in [-0.3, -0.25) is 0 Å². The van der Waals surface area contributed by atoms with Gasteiger partial charge in [0.2, 0.25) is 0 Å². The Balaban J connectivity index is 2.36. The van der Waals surface area contributed by atoms with Crippen molar-refractivity contribution in [3.8, 4) is 6.07 Å². The van der Waals surface area contributed by atoms with Gasteiger partial charge < -0.3 is 4.74 Å². The van der Waals surface area contributed by atoms with Crippen LogP contribution in [0.4, 0.5) is 4.79 Å². The number of halogens is 1. The molecule has 0 heterocycles. The molecular weight excluding hydrogens is 178 g/mol. The van der Waals surface area contributed by atoms with Crippen LogP contribution >= 0.6 is 11.6 Å². The van der Waals surface area contributed by atoms with Gasteiger partial charge in [0.05, 0.1) is 6.07 Å². The normalized spacial score (nSPS) is 29.0. The lowest BCUT2D eigenvalue weighted by atomic mass is 9.88. The summed E-state index contributed by atoms with van der Waals surface area (Å²) in [6.45, 7) is 0. The number of ether oxygens (including phenoxy) is 1. The summed E-state index contributed by atoms with van der Waals surface area (Å²) < 4.78 is 4.80. The number of carbonyl (C=O) groups excluding carboxylic acids is 1. The summed E-state index contributed by atoms with van der Waals surface area (Å²) in [5.74, 6) is 0.0276. The standard InChI is InChI=1S/C8H10ClNO2/c9-8(11)12-7-3-1-2-6(4-7)5-10/h6-7H,1-4H2. The molecule has 1 fully saturated rings. The fraction of sp³-hybridized carbons (Fsp3) is 0.750. The molecule has 0 aliphatic heterocycles. The molecule has 2 atom stereocenters. The van der Waals surface area contributed by atoms with E-state index in [4.69, 9.17) is 21.6 Å². The van der Waals surface area contributed by atoms with E-state index >= 15 is 0 Å². The highest BCUT2D eigenvalue weighted by Gasteiger charge is 2.23. The van der Waals surface area contributed by atoms with Gasteiger partial charge in [0.15, 0.2) is 0 Å². The zero-order valence-electron chi connectivity index (χ0n) is 6.62. The van der Waals surface area contributed by atoms with Crippen molar-refractivity contribution in [3.05, 3.63) is 0 Å². The number of nitrogens with zero attached hydrogens (tertiary/aromatic N) is 1. The molecule has 0 bridgehead atoms. The van der Waals surface area contributed by atoms with Gasteiger partial charge in [0.25, 0.3) is 0 Å². The Kier molecular flexibility index (Phi) is 3.36. The van der Waals surface area contributed by atoms with Crippen molar-refractivity contribution in [2.45, 2.75) is 31.8 Å². The van der Waals surface area contributed by atoms with Crippen LogP contribution in [-0.4, -0.2) is 11.5 Å². The summed E-state index contributed by atoms with van der Waals surface area (Å²) >= 11 is 5.06. The minimum atomic E-state index is -0.765.